The van der Waals surface area contributed by atoms with Crippen molar-refractivity contribution in [3.63, 3.8) is 0 Å². The van der Waals surface area contributed by atoms with E-state index in [1.807, 2.05) is 6.79 Å². The minimum Gasteiger partial charge on any atom is -0.388 e. The highest BCUT2D eigenvalue weighted by Gasteiger charge is 2.22. The van der Waals surface area contributed by atoms with Crippen LogP contribution in [0.2, 0.25) is 0 Å². The molecule has 0 aliphatic heterocycles. The highest BCUT2D eigenvalue weighted by molar-refractivity contribution is 6.11. The number of aromatic nitrogens is 2. The molecular weight excluding hydrogens is 745 g/mol. The molecule has 0 N–H and O–H groups in total. The monoisotopic (exact) mass is 815 g/mol. The quantitative estimate of drug-likeness (QED) is 0.174. The van der Waals surface area contributed by atoms with Crippen LogP contribution in [0.4, 0.5) is 0 Å². The van der Waals surface area contributed by atoms with E-state index in [9.17, 15) is 0 Å². The SMILES string of the molecule is C=O.COC.Cc1cccc(-n2c3ccc(C(C)(C)C)cc3c3cc(C(C)(C)C)ccc32)c1.Cc1cccc(-n2c3ccc(C(C)(C)C)cc3c3cc(C(C)(C)C)ccc32)c1. The molecule has 8 rings (SSSR count). The molecule has 0 radical (unpaired) electrons. The molecule has 0 fully saturated rings. The predicted molar refractivity (Wildman–Crippen MR) is 266 cm³/mol. The average molecular weight is 815 g/mol. The molecule has 4 heteroatoms. The van der Waals surface area contributed by atoms with Crippen LogP contribution in [0.5, 0.6) is 0 Å². The molecule has 61 heavy (non-hydrogen) atoms. The van der Waals surface area contributed by atoms with Crippen LogP contribution >= 0.6 is 0 Å². The number of benzene rings is 6. The Morgan fingerprint density at radius 3 is 0.803 bits per heavy atom. The maximum Gasteiger partial charge on any atom is 0.106 e. The summed E-state index contributed by atoms with van der Waals surface area (Å²) < 4.78 is 9.08. The lowest BCUT2D eigenvalue weighted by Gasteiger charge is -2.19. The number of ether oxygens (including phenoxy) is 1. The average Bonchev–Trinajstić information content (AvgIpc) is 3.69. The number of methoxy groups -OCH3 is 1. The van der Waals surface area contributed by atoms with Gasteiger partial charge in [0.15, 0.2) is 0 Å². The molecule has 6 aromatic carbocycles. The molecule has 4 nitrogen and oxygen atoms in total. The van der Waals surface area contributed by atoms with Crippen molar-refractivity contribution in [2.24, 2.45) is 0 Å². The molecule has 0 aliphatic rings. The van der Waals surface area contributed by atoms with Crippen LogP contribution in [-0.4, -0.2) is 30.1 Å². The molecule has 2 heterocycles. The van der Waals surface area contributed by atoms with E-state index in [4.69, 9.17) is 4.79 Å². The van der Waals surface area contributed by atoms with Crippen molar-refractivity contribution in [1.29, 1.82) is 0 Å². The van der Waals surface area contributed by atoms with Gasteiger partial charge >= 0.3 is 0 Å². The van der Waals surface area contributed by atoms with Crippen molar-refractivity contribution in [1.82, 2.24) is 9.13 Å². The highest BCUT2D eigenvalue weighted by atomic mass is 16.4. The van der Waals surface area contributed by atoms with Crippen LogP contribution in [0.1, 0.15) is 116 Å². The van der Waals surface area contributed by atoms with Gasteiger partial charge in [-0.25, -0.2) is 0 Å². The van der Waals surface area contributed by atoms with Gasteiger partial charge in [-0.05, 0) is 142 Å². The van der Waals surface area contributed by atoms with Gasteiger partial charge in [0, 0.05) is 47.1 Å². The first-order chi connectivity index (χ1) is 28.5. The van der Waals surface area contributed by atoms with Crippen molar-refractivity contribution in [3.05, 3.63) is 155 Å². The Morgan fingerprint density at radius 1 is 0.377 bits per heavy atom. The Labute approximate surface area is 366 Å². The van der Waals surface area contributed by atoms with Gasteiger partial charge in [-0.1, -0.05) is 132 Å². The lowest BCUT2D eigenvalue weighted by atomic mass is 9.85. The molecule has 0 bridgehead atoms. The Hall–Kier alpha value is -5.45. The van der Waals surface area contributed by atoms with Crippen LogP contribution in [0.3, 0.4) is 0 Å². The highest BCUT2D eigenvalue weighted by Crippen LogP contribution is 2.39. The fourth-order valence-corrected chi connectivity index (χ4v) is 8.00. The van der Waals surface area contributed by atoms with Crippen molar-refractivity contribution >= 4 is 50.4 Å². The normalized spacial score (nSPS) is 12.1. The number of aryl methyl sites for hydroxylation is 2. The van der Waals surface area contributed by atoms with Gasteiger partial charge in [-0.15, -0.1) is 0 Å². The number of carbonyl (C=O) groups is 1. The number of rotatable bonds is 2. The number of fused-ring (bicyclic) bond motifs is 6. The molecule has 0 atom stereocenters. The van der Waals surface area contributed by atoms with E-state index in [1.165, 1.54) is 88.4 Å². The number of nitrogens with zero attached hydrogens (tertiary/aromatic N) is 2. The molecule has 2 aromatic heterocycles. The summed E-state index contributed by atoms with van der Waals surface area (Å²) >= 11 is 0. The molecule has 0 saturated carbocycles. The molecule has 0 unspecified atom stereocenters. The van der Waals surface area contributed by atoms with Crippen LogP contribution in [-0.2, 0) is 31.2 Å². The van der Waals surface area contributed by atoms with Crippen LogP contribution < -0.4 is 0 Å². The van der Waals surface area contributed by atoms with Crippen molar-refractivity contribution < 1.29 is 9.53 Å². The van der Waals surface area contributed by atoms with Gasteiger partial charge in [0.2, 0.25) is 0 Å². The van der Waals surface area contributed by atoms with Gasteiger partial charge in [-0.2, -0.15) is 0 Å². The van der Waals surface area contributed by atoms with E-state index in [-0.39, 0.29) is 21.7 Å². The Bertz CT molecular complexity index is 2450. The first-order valence-corrected chi connectivity index (χ1v) is 21.5. The molecule has 0 spiro atoms. The summed E-state index contributed by atoms with van der Waals surface area (Å²) in [7, 11) is 3.25. The maximum absolute atomic E-state index is 8.00. The number of hydrogen-bond acceptors (Lipinski definition) is 2. The van der Waals surface area contributed by atoms with Crippen LogP contribution in [0, 0.1) is 13.8 Å². The molecule has 320 valence electrons. The zero-order valence-electron chi connectivity index (χ0n) is 40.0. The first kappa shape index (κ1) is 46.6. The first-order valence-electron chi connectivity index (χ1n) is 21.5. The van der Waals surface area contributed by atoms with Gasteiger partial charge < -0.3 is 18.7 Å². The third-order valence-electron chi connectivity index (χ3n) is 11.5. The summed E-state index contributed by atoms with van der Waals surface area (Å²) in [5.41, 5.74) is 16.2. The summed E-state index contributed by atoms with van der Waals surface area (Å²) in [4.78, 5) is 8.00. The van der Waals surface area contributed by atoms with Crippen LogP contribution in [0.15, 0.2) is 121 Å². The molecule has 0 saturated heterocycles. The summed E-state index contributed by atoms with van der Waals surface area (Å²) in [6, 6.07) is 45.5. The zero-order valence-corrected chi connectivity index (χ0v) is 40.0. The Kier molecular flexibility index (Phi) is 13.7. The largest absolute Gasteiger partial charge is 0.388 e. The number of hydrogen-bond donors (Lipinski definition) is 0. The lowest BCUT2D eigenvalue weighted by Crippen LogP contribution is -2.10. The van der Waals surface area contributed by atoms with E-state index in [0.717, 1.165) is 0 Å². The summed E-state index contributed by atoms with van der Waals surface area (Å²) in [6.07, 6.45) is 0. The van der Waals surface area contributed by atoms with Crippen molar-refractivity contribution in [3.8, 4) is 11.4 Å². The maximum atomic E-state index is 8.00. The second-order valence-corrected chi connectivity index (χ2v) is 20.7. The summed E-state index contributed by atoms with van der Waals surface area (Å²) in [5, 5.41) is 5.37. The fourth-order valence-electron chi connectivity index (χ4n) is 8.00. The van der Waals surface area contributed by atoms with E-state index < -0.39 is 0 Å². The minimum absolute atomic E-state index is 0.133. The molecule has 8 aromatic rings. The third kappa shape index (κ3) is 10.0. The standard InChI is InChI=1S/2C27H31N.C2H6O.CH2O/c2*1-18-9-8-10-21(15-18)28-24-13-11-19(26(2,3)4)16-22(24)23-17-20(27(5,6)7)12-14-25(23)28;1-3-2;1-2/h2*8-17H,1-7H3;1-2H3;1H2. The van der Waals surface area contributed by atoms with Gasteiger partial charge in [0.05, 0.1) is 22.1 Å². The van der Waals surface area contributed by atoms with Crippen LogP contribution in [0.25, 0.3) is 55.0 Å². The topological polar surface area (TPSA) is 36.2 Å². The third-order valence-corrected chi connectivity index (χ3v) is 11.5. The smallest absolute Gasteiger partial charge is 0.106 e. The molecular formula is C57H70N2O2. The molecule has 0 aliphatic carbocycles. The fraction of sp³-hybridized carbons (Fsp3) is 0.351. The van der Waals surface area contributed by atoms with Gasteiger partial charge in [-0.3, -0.25) is 0 Å². The minimum atomic E-state index is 0.133. The van der Waals surface area contributed by atoms with Gasteiger partial charge in [0.1, 0.15) is 6.79 Å². The summed E-state index contributed by atoms with van der Waals surface area (Å²) in [6.45, 7) is 33.8. The number of carbonyl (C=O) groups excluding carboxylic acids is 1. The van der Waals surface area contributed by atoms with E-state index in [0.29, 0.717) is 0 Å². The predicted octanol–water partition coefficient (Wildman–Crippen LogP) is 15.5. The van der Waals surface area contributed by atoms with E-state index >= 15 is 0 Å². The van der Waals surface area contributed by atoms with Crippen molar-refractivity contribution in [2.75, 3.05) is 14.2 Å². The molecule has 0 amide bonds. The Balaban J connectivity index is 0.000000209. The summed E-state index contributed by atoms with van der Waals surface area (Å²) in [5.74, 6) is 0. The van der Waals surface area contributed by atoms with Crippen molar-refractivity contribution in [2.45, 2.75) is 119 Å². The van der Waals surface area contributed by atoms with E-state index in [2.05, 4.69) is 232 Å². The zero-order chi connectivity index (χ0) is 45.2. The van der Waals surface area contributed by atoms with Gasteiger partial charge in [0.25, 0.3) is 0 Å². The lowest BCUT2D eigenvalue weighted by molar-refractivity contribution is -0.0980. The van der Waals surface area contributed by atoms with E-state index in [1.54, 1.807) is 14.2 Å². The second-order valence-electron chi connectivity index (χ2n) is 20.7. The Morgan fingerprint density at radius 2 is 0.607 bits per heavy atom. The second kappa shape index (κ2) is 17.9.